The molecule has 0 radical (unpaired) electrons. The van der Waals surface area contributed by atoms with Gasteiger partial charge < -0.3 is 9.64 Å². The smallest absolute Gasteiger partial charge is 0.0600 e. The van der Waals surface area contributed by atoms with E-state index in [0.717, 1.165) is 19.7 Å². The van der Waals surface area contributed by atoms with Crippen molar-refractivity contribution >= 4 is 11.6 Å². The molecular weight excluding hydrogens is 174 g/mol. The van der Waals surface area contributed by atoms with Gasteiger partial charge in [-0.3, -0.25) is 0 Å². The van der Waals surface area contributed by atoms with Gasteiger partial charge in [0.05, 0.1) is 12.2 Å². The van der Waals surface area contributed by atoms with Crippen LogP contribution in [0.2, 0.25) is 0 Å². The van der Waals surface area contributed by atoms with E-state index in [0.29, 0.717) is 5.88 Å². The highest BCUT2D eigenvalue weighted by atomic mass is 35.5. The normalized spacial score (nSPS) is 12.5. The van der Waals surface area contributed by atoms with Gasteiger partial charge in [0.1, 0.15) is 0 Å². The Kier molecular flexibility index (Phi) is 5.89. The average molecular weight is 194 g/mol. The fraction of sp³-hybridized carbons (Fsp3) is 1.00. The molecule has 0 aromatic heterocycles. The second-order valence-corrected chi connectivity index (χ2v) is 4.33. The van der Waals surface area contributed by atoms with Crippen LogP contribution in [-0.4, -0.2) is 43.1 Å². The molecule has 0 aromatic carbocycles. The molecule has 0 saturated heterocycles. The quantitative estimate of drug-likeness (QED) is 0.620. The van der Waals surface area contributed by atoms with Crippen molar-refractivity contribution in [3.05, 3.63) is 0 Å². The fourth-order valence-corrected chi connectivity index (χ4v) is 1.05. The van der Waals surface area contributed by atoms with E-state index in [9.17, 15) is 0 Å². The lowest BCUT2D eigenvalue weighted by molar-refractivity contribution is -0.0102. The van der Waals surface area contributed by atoms with Gasteiger partial charge in [-0.15, -0.1) is 11.6 Å². The van der Waals surface area contributed by atoms with Crippen LogP contribution in [0.15, 0.2) is 0 Å². The molecule has 0 spiro atoms. The number of halogens is 1. The summed E-state index contributed by atoms with van der Waals surface area (Å²) in [6, 6.07) is 0. The first-order valence-corrected chi connectivity index (χ1v) is 4.87. The molecule has 2 nitrogen and oxygen atoms in total. The molecule has 0 aromatic rings. The lowest BCUT2D eigenvalue weighted by atomic mass is 10.2. The van der Waals surface area contributed by atoms with Crippen molar-refractivity contribution in [2.75, 3.05) is 32.6 Å². The number of ether oxygens (including phenoxy) is 1. The second kappa shape index (κ2) is 5.79. The monoisotopic (exact) mass is 193 g/mol. The zero-order chi connectivity index (χ0) is 9.61. The summed E-state index contributed by atoms with van der Waals surface area (Å²) in [6.45, 7) is 8.84. The Bertz CT molecular complexity index is 112. The maximum atomic E-state index is 5.58. The van der Waals surface area contributed by atoms with Gasteiger partial charge in [0.25, 0.3) is 0 Å². The highest BCUT2D eigenvalue weighted by Crippen LogP contribution is 2.05. The Hall–Kier alpha value is 0.210. The number of rotatable bonds is 5. The van der Waals surface area contributed by atoms with Crippen molar-refractivity contribution in [2.45, 2.75) is 26.4 Å². The minimum absolute atomic E-state index is 0.0260. The zero-order valence-corrected chi connectivity index (χ0v) is 9.32. The highest BCUT2D eigenvalue weighted by Gasteiger charge is 2.09. The molecule has 0 N–H and O–H groups in total. The van der Waals surface area contributed by atoms with Gasteiger partial charge in [-0.2, -0.15) is 0 Å². The van der Waals surface area contributed by atoms with Crippen molar-refractivity contribution in [1.82, 2.24) is 4.90 Å². The molecule has 0 heterocycles. The van der Waals surface area contributed by atoms with Crippen LogP contribution in [0.25, 0.3) is 0 Å². The van der Waals surface area contributed by atoms with Gasteiger partial charge >= 0.3 is 0 Å². The summed E-state index contributed by atoms with van der Waals surface area (Å²) < 4.78 is 5.56. The third kappa shape index (κ3) is 8.31. The molecule has 0 fully saturated rings. The van der Waals surface area contributed by atoms with Gasteiger partial charge in [0.15, 0.2) is 0 Å². The largest absolute Gasteiger partial charge is 0.375 e. The van der Waals surface area contributed by atoms with Gasteiger partial charge in [-0.1, -0.05) is 0 Å². The SMILES string of the molecule is CN(CCCl)CCOC(C)(C)C. The third-order valence-electron chi connectivity index (χ3n) is 1.47. The first-order chi connectivity index (χ1) is 5.45. The average Bonchev–Trinajstić information content (AvgIpc) is 1.84. The standard InChI is InChI=1S/C9H20ClNO/c1-9(2,3)12-8-7-11(4)6-5-10/h5-8H2,1-4H3. The predicted molar refractivity (Wildman–Crippen MR) is 53.9 cm³/mol. The summed E-state index contributed by atoms with van der Waals surface area (Å²) >= 11 is 5.58. The highest BCUT2D eigenvalue weighted by molar-refractivity contribution is 6.18. The van der Waals surface area contributed by atoms with Crippen LogP contribution in [0.1, 0.15) is 20.8 Å². The van der Waals surface area contributed by atoms with Crippen LogP contribution in [0, 0.1) is 0 Å². The van der Waals surface area contributed by atoms with E-state index in [4.69, 9.17) is 16.3 Å². The molecule has 0 rings (SSSR count). The zero-order valence-electron chi connectivity index (χ0n) is 8.56. The third-order valence-corrected chi connectivity index (χ3v) is 1.64. The minimum atomic E-state index is -0.0260. The van der Waals surface area contributed by atoms with E-state index in [2.05, 4.69) is 32.7 Å². The Morgan fingerprint density at radius 1 is 1.25 bits per heavy atom. The molecular formula is C9H20ClNO. The van der Waals surface area contributed by atoms with Crippen molar-refractivity contribution in [1.29, 1.82) is 0 Å². The van der Waals surface area contributed by atoms with Crippen molar-refractivity contribution < 1.29 is 4.74 Å². The maximum absolute atomic E-state index is 5.58. The van der Waals surface area contributed by atoms with Crippen LogP contribution >= 0.6 is 11.6 Å². The van der Waals surface area contributed by atoms with Gasteiger partial charge in [0, 0.05) is 19.0 Å². The lowest BCUT2D eigenvalue weighted by Gasteiger charge is -2.22. The van der Waals surface area contributed by atoms with E-state index < -0.39 is 0 Å². The van der Waals surface area contributed by atoms with Crippen LogP contribution in [0.3, 0.4) is 0 Å². The Morgan fingerprint density at radius 2 is 1.83 bits per heavy atom. The molecule has 0 unspecified atom stereocenters. The van der Waals surface area contributed by atoms with E-state index >= 15 is 0 Å². The summed E-state index contributed by atoms with van der Waals surface area (Å²) in [5.41, 5.74) is -0.0260. The van der Waals surface area contributed by atoms with Gasteiger partial charge in [0.2, 0.25) is 0 Å². The van der Waals surface area contributed by atoms with E-state index in [1.54, 1.807) is 0 Å². The maximum Gasteiger partial charge on any atom is 0.0600 e. The topological polar surface area (TPSA) is 12.5 Å². The van der Waals surface area contributed by atoms with Crippen molar-refractivity contribution in [2.24, 2.45) is 0 Å². The Labute approximate surface area is 80.8 Å². The molecule has 0 aliphatic carbocycles. The molecule has 3 heteroatoms. The summed E-state index contributed by atoms with van der Waals surface area (Å²) in [5, 5.41) is 0. The second-order valence-electron chi connectivity index (χ2n) is 3.95. The van der Waals surface area contributed by atoms with Gasteiger partial charge in [-0.25, -0.2) is 0 Å². The fourth-order valence-electron chi connectivity index (χ4n) is 0.764. The number of nitrogens with zero attached hydrogens (tertiary/aromatic N) is 1. The Balaban J connectivity index is 3.31. The van der Waals surface area contributed by atoms with E-state index in [1.807, 2.05) is 0 Å². The molecule has 0 atom stereocenters. The first-order valence-electron chi connectivity index (χ1n) is 4.34. The summed E-state index contributed by atoms with van der Waals surface area (Å²) in [7, 11) is 2.05. The molecule has 74 valence electrons. The van der Waals surface area contributed by atoms with E-state index in [1.165, 1.54) is 0 Å². The molecule has 0 amide bonds. The van der Waals surface area contributed by atoms with E-state index in [-0.39, 0.29) is 5.60 Å². The van der Waals surface area contributed by atoms with Crippen molar-refractivity contribution in [3.8, 4) is 0 Å². The number of alkyl halides is 1. The Morgan fingerprint density at radius 3 is 2.25 bits per heavy atom. The predicted octanol–water partition coefficient (Wildman–Crippen LogP) is 1.97. The number of likely N-dealkylation sites (N-methyl/N-ethyl adjacent to an activating group) is 1. The van der Waals surface area contributed by atoms with Crippen LogP contribution in [0.4, 0.5) is 0 Å². The lowest BCUT2D eigenvalue weighted by Crippen LogP contribution is -2.29. The van der Waals surface area contributed by atoms with Crippen LogP contribution < -0.4 is 0 Å². The summed E-state index contributed by atoms with van der Waals surface area (Å²) in [4.78, 5) is 2.17. The molecule has 0 aliphatic rings. The van der Waals surface area contributed by atoms with Crippen LogP contribution in [0.5, 0.6) is 0 Å². The number of hydrogen-bond donors (Lipinski definition) is 0. The molecule has 12 heavy (non-hydrogen) atoms. The molecule has 0 bridgehead atoms. The van der Waals surface area contributed by atoms with Gasteiger partial charge in [-0.05, 0) is 27.8 Å². The van der Waals surface area contributed by atoms with Crippen LogP contribution in [-0.2, 0) is 4.74 Å². The van der Waals surface area contributed by atoms with Crippen molar-refractivity contribution in [3.63, 3.8) is 0 Å². The molecule has 0 saturated carbocycles. The summed E-state index contributed by atoms with van der Waals surface area (Å²) in [6.07, 6.45) is 0. The molecule has 0 aliphatic heterocycles. The number of hydrogen-bond acceptors (Lipinski definition) is 2. The first kappa shape index (κ1) is 12.2. The minimum Gasteiger partial charge on any atom is -0.375 e. The summed E-state index contributed by atoms with van der Waals surface area (Å²) in [5.74, 6) is 0.687.